The van der Waals surface area contributed by atoms with E-state index in [4.69, 9.17) is 16.6 Å². The lowest BCUT2D eigenvalue weighted by molar-refractivity contribution is 0.474. The number of H-pyrrole nitrogens is 1. The van der Waals surface area contributed by atoms with E-state index in [0.717, 1.165) is 19.3 Å². The van der Waals surface area contributed by atoms with Gasteiger partial charge in [-0.3, -0.25) is 0 Å². The fourth-order valence-corrected chi connectivity index (χ4v) is 2.56. The molecule has 0 amide bonds. The lowest BCUT2D eigenvalue weighted by atomic mass is 10.1. The topological polar surface area (TPSA) is 46.8 Å². The molecule has 4 nitrogen and oxygen atoms in total. The molecule has 1 N–H and O–H groups in total. The van der Waals surface area contributed by atoms with Crippen molar-refractivity contribution in [2.24, 2.45) is 7.05 Å². The predicted molar refractivity (Wildman–Crippen MR) is 76.6 cm³/mol. The Morgan fingerprint density at radius 3 is 2.95 bits per heavy atom. The van der Waals surface area contributed by atoms with Gasteiger partial charge in [0.25, 0.3) is 4.84 Å². The van der Waals surface area contributed by atoms with Gasteiger partial charge in [0.05, 0.1) is 0 Å². The van der Waals surface area contributed by atoms with Gasteiger partial charge in [-0.15, -0.1) is 5.10 Å². The van der Waals surface area contributed by atoms with Gasteiger partial charge in [0.15, 0.2) is 0 Å². The van der Waals surface area contributed by atoms with Crippen LogP contribution in [-0.4, -0.2) is 14.8 Å². The largest absolute Gasteiger partial charge is 0.414 e. The van der Waals surface area contributed by atoms with Crippen LogP contribution in [0.3, 0.4) is 0 Å². The molecule has 0 saturated carbocycles. The minimum atomic E-state index is 0.347. The first-order valence-corrected chi connectivity index (χ1v) is 6.72. The monoisotopic (exact) mass is 273 g/mol. The maximum absolute atomic E-state index is 5.26. The zero-order valence-corrected chi connectivity index (χ0v) is 11.5. The summed E-state index contributed by atoms with van der Waals surface area (Å²) < 4.78 is 7.43. The lowest BCUT2D eigenvalue weighted by Crippen LogP contribution is -1.90. The predicted octanol–water partition coefficient (Wildman–Crippen LogP) is 3.40. The third-order valence-corrected chi connectivity index (χ3v) is 3.47. The van der Waals surface area contributed by atoms with Crippen LogP contribution >= 0.6 is 12.2 Å². The molecule has 0 aliphatic carbocycles. The molecule has 0 spiro atoms. The molecule has 0 fully saturated rings. The number of aromatic nitrogens is 3. The van der Waals surface area contributed by atoms with E-state index in [9.17, 15) is 0 Å². The first kappa shape index (κ1) is 12.2. The van der Waals surface area contributed by atoms with Gasteiger partial charge in [0.2, 0.25) is 5.89 Å². The first-order valence-electron chi connectivity index (χ1n) is 6.31. The molecule has 2 heterocycles. The van der Waals surface area contributed by atoms with Crippen molar-refractivity contribution >= 4 is 23.1 Å². The fraction of sp³-hybridized carbons (Fsp3) is 0.286. The van der Waals surface area contributed by atoms with Crippen LogP contribution in [0.2, 0.25) is 0 Å². The summed E-state index contributed by atoms with van der Waals surface area (Å²) >= 11 is 4.86. The van der Waals surface area contributed by atoms with E-state index in [1.54, 1.807) is 0 Å². The van der Waals surface area contributed by atoms with E-state index in [0.29, 0.717) is 10.7 Å². The molecule has 3 aromatic rings. The number of para-hydroxylation sites is 1. The maximum atomic E-state index is 5.26. The van der Waals surface area contributed by atoms with Gasteiger partial charge in [-0.05, 0) is 36.7 Å². The van der Waals surface area contributed by atoms with Gasteiger partial charge in [-0.1, -0.05) is 18.2 Å². The molecule has 0 bridgehead atoms. The van der Waals surface area contributed by atoms with Crippen molar-refractivity contribution in [3.8, 4) is 0 Å². The molecule has 19 heavy (non-hydrogen) atoms. The summed E-state index contributed by atoms with van der Waals surface area (Å²) in [5, 5.41) is 7.99. The molecular formula is C14H15N3OS. The second-order valence-corrected chi connectivity index (χ2v) is 5.01. The molecule has 1 aromatic carbocycles. The van der Waals surface area contributed by atoms with Crippen LogP contribution in [0.5, 0.6) is 0 Å². The minimum absolute atomic E-state index is 0.347. The SMILES string of the molecule is Cn1cc(CCCc2n[nH]c(=S)o2)c2ccccc21. The molecule has 2 aromatic heterocycles. The highest BCUT2D eigenvalue weighted by Gasteiger charge is 2.06. The standard InChI is InChI=1S/C14H15N3OS/c1-17-9-10(11-6-2-3-7-12(11)17)5-4-8-13-15-16-14(19)18-13/h2-3,6-7,9H,4-5,8H2,1H3,(H,16,19). The summed E-state index contributed by atoms with van der Waals surface area (Å²) in [5.74, 6) is 0.685. The van der Waals surface area contributed by atoms with Gasteiger partial charge < -0.3 is 8.98 Å². The van der Waals surface area contributed by atoms with E-state index in [-0.39, 0.29) is 0 Å². The van der Waals surface area contributed by atoms with Crippen molar-refractivity contribution in [1.82, 2.24) is 14.8 Å². The second kappa shape index (κ2) is 5.01. The van der Waals surface area contributed by atoms with Crippen LogP contribution < -0.4 is 0 Å². The van der Waals surface area contributed by atoms with Crippen molar-refractivity contribution in [2.75, 3.05) is 0 Å². The van der Waals surface area contributed by atoms with Crippen molar-refractivity contribution < 1.29 is 4.42 Å². The minimum Gasteiger partial charge on any atom is -0.414 e. The quantitative estimate of drug-likeness (QED) is 0.741. The van der Waals surface area contributed by atoms with Crippen LogP contribution in [-0.2, 0) is 19.9 Å². The molecule has 0 aliphatic heterocycles. The summed E-state index contributed by atoms with van der Waals surface area (Å²) in [6.07, 6.45) is 5.01. The molecule has 0 saturated heterocycles. The third-order valence-electron chi connectivity index (χ3n) is 3.30. The number of aryl methyl sites for hydroxylation is 3. The maximum Gasteiger partial charge on any atom is 0.284 e. The summed E-state index contributed by atoms with van der Waals surface area (Å²) in [6.45, 7) is 0. The van der Waals surface area contributed by atoms with Gasteiger partial charge in [0, 0.05) is 30.6 Å². The zero-order chi connectivity index (χ0) is 13.2. The summed E-state index contributed by atoms with van der Waals surface area (Å²) in [5.41, 5.74) is 2.64. The number of nitrogens with one attached hydrogen (secondary N) is 1. The van der Waals surface area contributed by atoms with E-state index >= 15 is 0 Å². The lowest BCUT2D eigenvalue weighted by Gasteiger charge is -1.97. The molecule has 3 rings (SSSR count). The van der Waals surface area contributed by atoms with Crippen molar-refractivity contribution in [2.45, 2.75) is 19.3 Å². The number of fused-ring (bicyclic) bond motifs is 1. The summed E-state index contributed by atoms with van der Waals surface area (Å²) in [6, 6.07) is 8.47. The summed E-state index contributed by atoms with van der Waals surface area (Å²) in [7, 11) is 2.08. The Morgan fingerprint density at radius 1 is 1.32 bits per heavy atom. The molecule has 98 valence electrons. The number of hydrogen-bond donors (Lipinski definition) is 1. The highest BCUT2D eigenvalue weighted by atomic mass is 32.1. The highest BCUT2D eigenvalue weighted by molar-refractivity contribution is 7.71. The van der Waals surface area contributed by atoms with Crippen molar-refractivity contribution in [1.29, 1.82) is 0 Å². The van der Waals surface area contributed by atoms with E-state index in [2.05, 4.69) is 52.3 Å². The smallest absolute Gasteiger partial charge is 0.284 e. The van der Waals surface area contributed by atoms with Gasteiger partial charge in [-0.2, -0.15) is 0 Å². The van der Waals surface area contributed by atoms with Crippen LogP contribution in [0.15, 0.2) is 34.9 Å². The first-order chi connectivity index (χ1) is 9.24. The Hall–Kier alpha value is -1.88. The van der Waals surface area contributed by atoms with Crippen LogP contribution in [0.1, 0.15) is 17.9 Å². The zero-order valence-electron chi connectivity index (χ0n) is 10.7. The normalized spacial score (nSPS) is 11.2. The fourth-order valence-electron chi connectivity index (χ4n) is 2.42. The molecule has 5 heteroatoms. The van der Waals surface area contributed by atoms with Crippen LogP contribution in [0.25, 0.3) is 10.9 Å². The Morgan fingerprint density at radius 2 is 2.16 bits per heavy atom. The average Bonchev–Trinajstić information content (AvgIpc) is 2.96. The van der Waals surface area contributed by atoms with Gasteiger partial charge >= 0.3 is 0 Å². The second-order valence-electron chi connectivity index (χ2n) is 4.64. The number of benzene rings is 1. The number of rotatable bonds is 4. The van der Waals surface area contributed by atoms with Gasteiger partial charge in [0.1, 0.15) is 0 Å². The Labute approximate surface area is 116 Å². The Kier molecular flexibility index (Phi) is 3.21. The van der Waals surface area contributed by atoms with E-state index in [1.807, 2.05) is 0 Å². The Bertz CT molecular complexity index is 753. The highest BCUT2D eigenvalue weighted by Crippen LogP contribution is 2.21. The molecule has 0 radical (unpaired) electrons. The van der Waals surface area contributed by atoms with E-state index < -0.39 is 0 Å². The molecule has 0 atom stereocenters. The van der Waals surface area contributed by atoms with Crippen LogP contribution in [0.4, 0.5) is 0 Å². The third kappa shape index (κ3) is 2.46. The van der Waals surface area contributed by atoms with Crippen LogP contribution in [0, 0.1) is 4.84 Å². The number of hydrogen-bond acceptors (Lipinski definition) is 3. The van der Waals surface area contributed by atoms with Crippen molar-refractivity contribution in [3.63, 3.8) is 0 Å². The van der Waals surface area contributed by atoms with Gasteiger partial charge in [-0.25, -0.2) is 5.10 Å². The number of aromatic amines is 1. The van der Waals surface area contributed by atoms with E-state index in [1.165, 1.54) is 16.5 Å². The molecule has 0 aliphatic rings. The number of nitrogens with zero attached hydrogens (tertiary/aromatic N) is 2. The average molecular weight is 273 g/mol. The van der Waals surface area contributed by atoms with Crippen molar-refractivity contribution in [3.05, 3.63) is 46.8 Å². The summed E-state index contributed by atoms with van der Waals surface area (Å²) in [4.78, 5) is 0.347. The Balaban J connectivity index is 1.73. The molecule has 0 unspecified atom stereocenters. The molecular weight excluding hydrogens is 258 g/mol.